The summed E-state index contributed by atoms with van der Waals surface area (Å²) < 4.78 is 5.25. The molecule has 134 valence electrons. The Morgan fingerprint density at radius 2 is 2.00 bits per heavy atom. The molecular formula is C16H24ClN3O4. The second kappa shape index (κ2) is 8.10. The third-order valence-corrected chi connectivity index (χ3v) is 3.35. The SMILES string of the molecule is CN(CCCNc1cc(O)c(C(N)=O)cc1Cl)C(=O)OC(C)(C)C. The van der Waals surface area contributed by atoms with Gasteiger partial charge in [-0.3, -0.25) is 4.79 Å². The number of hydrogen-bond donors (Lipinski definition) is 3. The number of aromatic hydroxyl groups is 1. The Bertz CT molecular complexity index is 614. The minimum atomic E-state index is -0.750. The Balaban J connectivity index is 2.50. The van der Waals surface area contributed by atoms with Crippen molar-refractivity contribution in [1.29, 1.82) is 0 Å². The summed E-state index contributed by atoms with van der Waals surface area (Å²) in [7, 11) is 1.66. The van der Waals surface area contributed by atoms with Gasteiger partial charge in [-0.2, -0.15) is 0 Å². The van der Waals surface area contributed by atoms with Crippen LogP contribution in [0.2, 0.25) is 5.02 Å². The van der Waals surface area contributed by atoms with Crippen LogP contribution in [0.15, 0.2) is 12.1 Å². The molecule has 0 radical (unpaired) electrons. The fraction of sp³-hybridized carbons (Fsp3) is 0.500. The second-order valence-corrected chi connectivity index (χ2v) is 6.80. The van der Waals surface area contributed by atoms with Crippen LogP contribution in [0.1, 0.15) is 37.6 Å². The number of nitrogens with two attached hydrogens (primary N) is 1. The van der Waals surface area contributed by atoms with Crippen molar-refractivity contribution in [2.75, 3.05) is 25.5 Å². The molecule has 8 heteroatoms. The van der Waals surface area contributed by atoms with Gasteiger partial charge >= 0.3 is 6.09 Å². The van der Waals surface area contributed by atoms with Crippen molar-refractivity contribution < 1.29 is 19.4 Å². The van der Waals surface area contributed by atoms with Crippen LogP contribution < -0.4 is 11.1 Å². The number of phenols is 1. The molecule has 24 heavy (non-hydrogen) atoms. The highest BCUT2D eigenvalue weighted by atomic mass is 35.5. The average Bonchev–Trinajstić information content (AvgIpc) is 2.44. The Hall–Kier alpha value is -2.15. The van der Waals surface area contributed by atoms with Gasteiger partial charge in [0.25, 0.3) is 5.91 Å². The highest BCUT2D eigenvalue weighted by molar-refractivity contribution is 6.33. The number of rotatable bonds is 6. The molecule has 0 aromatic heterocycles. The highest BCUT2D eigenvalue weighted by Crippen LogP contribution is 2.29. The normalized spacial score (nSPS) is 11.0. The molecule has 2 amide bonds. The third kappa shape index (κ3) is 6.16. The van der Waals surface area contributed by atoms with E-state index in [1.807, 2.05) is 20.8 Å². The molecule has 0 atom stereocenters. The first-order valence-corrected chi connectivity index (χ1v) is 7.89. The van der Waals surface area contributed by atoms with Crippen molar-refractivity contribution in [3.05, 3.63) is 22.7 Å². The number of benzene rings is 1. The molecule has 0 spiro atoms. The van der Waals surface area contributed by atoms with Crippen LogP contribution in [0.3, 0.4) is 0 Å². The van der Waals surface area contributed by atoms with Crippen LogP contribution in [0.4, 0.5) is 10.5 Å². The van der Waals surface area contributed by atoms with E-state index in [1.54, 1.807) is 7.05 Å². The van der Waals surface area contributed by atoms with Gasteiger partial charge in [0.15, 0.2) is 0 Å². The van der Waals surface area contributed by atoms with E-state index in [9.17, 15) is 14.7 Å². The lowest BCUT2D eigenvalue weighted by atomic mass is 10.1. The van der Waals surface area contributed by atoms with Gasteiger partial charge in [0, 0.05) is 26.2 Å². The maximum absolute atomic E-state index is 11.8. The molecule has 4 N–H and O–H groups in total. The summed E-state index contributed by atoms with van der Waals surface area (Å²) in [6.45, 7) is 6.44. The minimum absolute atomic E-state index is 0.0322. The van der Waals surface area contributed by atoms with E-state index in [1.165, 1.54) is 17.0 Å². The maximum atomic E-state index is 11.8. The molecule has 0 saturated heterocycles. The monoisotopic (exact) mass is 357 g/mol. The van der Waals surface area contributed by atoms with Crippen LogP contribution in [-0.2, 0) is 4.74 Å². The van der Waals surface area contributed by atoms with E-state index in [0.29, 0.717) is 25.2 Å². The van der Waals surface area contributed by atoms with Crippen LogP contribution in [0.25, 0.3) is 0 Å². The molecule has 7 nitrogen and oxygen atoms in total. The van der Waals surface area contributed by atoms with Gasteiger partial charge in [-0.1, -0.05) is 11.6 Å². The number of nitrogens with one attached hydrogen (secondary N) is 1. The number of carbonyl (C=O) groups is 2. The number of hydrogen-bond acceptors (Lipinski definition) is 5. The molecule has 0 aliphatic rings. The Morgan fingerprint density at radius 1 is 1.38 bits per heavy atom. The van der Waals surface area contributed by atoms with Crippen molar-refractivity contribution in [1.82, 2.24) is 4.90 Å². The Labute approximate surface area is 146 Å². The number of carbonyl (C=O) groups excluding carboxylic acids is 2. The van der Waals surface area contributed by atoms with E-state index < -0.39 is 11.5 Å². The summed E-state index contributed by atoms with van der Waals surface area (Å²) in [6, 6.07) is 2.66. The molecule has 1 aromatic rings. The predicted octanol–water partition coefficient (Wildman–Crippen LogP) is 2.81. The van der Waals surface area contributed by atoms with Gasteiger partial charge in [-0.05, 0) is 33.3 Å². The van der Waals surface area contributed by atoms with E-state index in [4.69, 9.17) is 22.1 Å². The molecule has 0 aliphatic carbocycles. The zero-order chi connectivity index (χ0) is 18.5. The van der Waals surface area contributed by atoms with Crippen molar-refractivity contribution in [2.24, 2.45) is 5.73 Å². The van der Waals surface area contributed by atoms with Crippen LogP contribution in [-0.4, -0.2) is 47.7 Å². The van der Waals surface area contributed by atoms with E-state index >= 15 is 0 Å². The summed E-state index contributed by atoms with van der Waals surface area (Å²) in [5.41, 5.74) is 5.06. The number of amides is 2. The molecule has 0 fully saturated rings. The average molecular weight is 358 g/mol. The summed E-state index contributed by atoms with van der Waals surface area (Å²) in [6.07, 6.45) is 0.258. The largest absolute Gasteiger partial charge is 0.507 e. The van der Waals surface area contributed by atoms with Crippen LogP contribution in [0, 0.1) is 0 Å². The summed E-state index contributed by atoms with van der Waals surface area (Å²) in [5, 5.41) is 13.1. The first-order valence-electron chi connectivity index (χ1n) is 7.51. The topological polar surface area (TPSA) is 105 Å². The summed E-state index contributed by atoms with van der Waals surface area (Å²) in [4.78, 5) is 24.4. The summed E-state index contributed by atoms with van der Waals surface area (Å²) in [5.74, 6) is -0.986. The lowest BCUT2D eigenvalue weighted by molar-refractivity contribution is 0.0298. The number of nitrogens with zero attached hydrogens (tertiary/aromatic N) is 1. The van der Waals surface area contributed by atoms with E-state index in [-0.39, 0.29) is 22.4 Å². The maximum Gasteiger partial charge on any atom is 0.410 e. The Morgan fingerprint density at radius 3 is 2.54 bits per heavy atom. The molecule has 0 heterocycles. The quantitative estimate of drug-likeness (QED) is 0.679. The van der Waals surface area contributed by atoms with Gasteiger partial charge in [-0.25, -0.2) is 4.79 Å². The third-order valence-electron chi connectivity index (χ3n) is 3.04. The molecule has 0 bridgehead atoms. The van der Waals surface area contributed by atoms with E-state index in [2.05, 4.69) is 5.32 Å². The van der Waals surface area contributed by atoms with Gasteiger partial charge in [0.1, 0.15) is 11.4 Å². The fourth-order valence-electron chi connectivity index (χ4n) is 1.87. The van der Waals surface area contributed by atoms with Gasteiger partial charge in [-0.15, -0.1) is 0 Å². The minimum Gasteiger partial charge on any atom is -0.507 e. The standard InChI is InChI=1S/C16H24ClN3O4/c1-16(2,3)24-15(23)20(4)7-5-6-19-12-9-13(21)10(14(18)22)8-11(12)17/h8-9,19,21H,5-7H2,1-4H3,(H2,18,22). The van der Waals surface area contributed by atoms with Gasteiger partial charge < -0.3 is 25.8 Å². The molecule has 1 aromatic carbocycles. The smallest absolute Gasteiger partial charge is 0.410 e. The van der Waals surface area contributed by atoms with Crippen LogP contribution in [0.5, 0.6) is 5.75 Å². The second-order valence-electron chi connectivity index (χ2n) is 6.40. The lowest BCUT2D eigenvalue weighted by Crippen LogP contribution is -2.35. The number of ether oxygens (including phenoxy) is 1. The molecule has 0 saturated carbocycles. The van der Waals surface area contributed by atoms with Crippen molar-refractivity contribution in [3.8, 4) is 5.75 Å². The molecule has 1 rings (SSSR count). The predicted molar refractivity (Wildman–Crippen MR) is 93.6 cm³/mol. The van der Waals surface area contributed by atoms with Gasteiger partial charge in [0.2, 0.25) is 0 Å². The number of halogens is 1. The van der Waals surface area contributed by atoms with Crippen molar-refractivity contribution >= 4 is 29.3 Å². The molecule has 0 unspecified atom stereocenters. The Kier molecular flexibility index (Phi) is 6.71. The number of anilines is 1. The first-order chi connectivity index (χ1) is 11.0. The van der Waals surface area contributed by atoms with Crippen molar-refractivity contribution in [2.45, 2.75) is 32.8 Å². The van der Waals surface area contributed by atoms with Gasteiger partial charge in [0.05, 0.1) is 16.3 Å². The lowest BCUT2D eigenvalue weighted by Gasteiger charge is -2.24. The summed E-state index contributed by atoms with van der Waals surface area (Å²) >= 11 is 6.04. The zero-order valence-corrected chi connectivity index (χ0v) is 15.1. The van der Waals surface area contributed by atoms with Crippen LogP contribution >= 0.6 is 11.6 Å². The zero-order valence-electron chi connectivity index (χ0n) is 14.4. The molecular weight excluding hydrogens is 334 g/mol. The fourth-order valence-corrected chi connectivity index (χ4v) is 2.10. The van der Waals surface area contributed by atoms with E-state index in [0.717, 1.165) is 0 Å². The number of primary amides is 1. The molecule has 0 aliphatic heterocycles. The highest BCUT2D eigenvalue weighted by Gasteiger charge is 2.19. The van der Waals surface area contributed by atoms with Crippen molar-refractivity contribution in [3.63, 3.8) is 0 Å². The first kappa shape index (κ1) is 19.9.